The van der Waals surface area contributed by atoms with Crippen LogP contribution in [-0.4, -0.2) is 127 Å². The highest BCUT2D eigenvalue weighted by atomic mass is 16.3. The Bertz CT molecular complexity index is 1680. The number of aromatic hydroxyl groups is 1. The number of phenols is 1. The molecule has 3 aliphatic carbocycles. The fraction of sp³-hybridized carbons (Fsp3) is 0.514. The SMILES string of the molecule is CN1CCN(Cc2cccc(-c3cc(N(C)C)c4c(c3O)C(=O)C3C(=O)[C@]5(O)C(=O)C(C(N)=O)C(=O)[C@@H](N(C)C)[C@@H]5C[C@@H]3C4)c2)CC1. The minimum absolute atomic E-state index is 0.00755. The predicted molar refractivity (Wildman–Crippen MR) is 174 cm³/mol. The van der Waals surface area contributed by atoms with Gasteiger partial charge in [0.15, 0.2) is 34.7 Å². The molecule has 4 aliphatic rings. The van der Waals surface area contributed by atoms with Crippen LogP contribution < -0.4 is 10.6 Å². The lowest BCUT2D eigenvalue weighted by atomic mass is 9.52. The van der Waals surface area contributed by atoms with Gasteiger partial charge >= 0.3 is 0 Å². The quantitative estimate of drug-likeness (QED) is 0.371. The minimum Gasteiger partial charge on any atom is -0.507 e. The van der Waals surface area contributed by atoms with Crippen molar-refractivity contribution in [2.45, 2.75) is 31.0 Å². The summed E-state index contributed by atoms with van der Waals surface area (Å²) in [4.78, 5) is 75.9. The molecule has 0 bridgehead atoms. The van der Waals surface area contributed by atoms with Gasteiger partial charge in [0.1, 0.15) is 5.75 Å². The monoisotopic (exact) mass is 645 g/mol. The zero-order valence-corrected chi connectivity index (χ0v) is 27.5. The van der Waals surface area contributed by atoms with E-state index in [1.165, 1.54) is 4.90 Å². The molecule has 2 aromatic carbocycles. The van der Waals surface area contributed by atoms with Crippen LogP contribution in [0.1, 0.15) is 27.9 Å². The summed E-state index contributed by atoms with van der Waals surface area (Å²) in [6, 6.07) is 8.53. The molecule has 0 aromatic heterocycles. The van der Waals surface area contributed by atoms with Crippen molar-refractivity contribution < 1.29 is 34.2 Å². The number of hydrogen-bond acceptors (Lipinski definition) is 11. The van der Waals surface area contributed by atoms with Crippen molar-refractivity contribution in [1.29, 1.82) is 0 Å². The Morgan fingerprint density at radius 3 is 2.32 bits per heavy atom. The number of benzene rings is 2. The van der Waals surface area contributed by atoms with Crippen LogP contribution in [0.5, 0.6) is 5.75 Å². The molecule has 47 heavy (non-hydrogen) atoms. The van der Waals surface area contributed by atoms with Gasteiger partial charge < -0.3 is 25.7 Å². The maximum absolute atomic E-state index is 14.4. The number of amides is 1. The first-order chi connectivity index (χ1) is 22.2. The van der Waals surface area contributed by atoms with E-state index in [0.717, 1.165) is 38.3 Å². The van der Waals surface area contributed by atoms with Crippen LogP contribution in [0.2, 0.25) is 0 Å². The van der Waals surface area contributed by atoms with E-state index in [2.05, 4.69) is 16.8 Å². The Morgan fingerprint density at radius 1 is 1.02 bits per heavy atom. The number of aliphatic hydroxyl groups is 1. The van der Waals surface area contributed by atoms with Gasteiger partial charge in [0.05, 0.1) is 17.5 Å². The number of Topliss-reactive ketones (excluding diaryl/α,β-unsaturated/α-hetero) is 4. The lowest BCUT2D eigenvalue weighted by Crippen LogP contribution is -2.74. The number of piperazine rings is 1. The van der Waals surface area contributed by atoms with Gasteiger partial charge in [-0.25, -0.2) is 0 Å². The highest BCUT2D eigenvalue weighted by Crippen LogP contribution is 2.53. The van der Waals surface area contributed by atoms with E-state index in [9.17, 15) is 34.2 Å². The Kier molecular flexibility index (Phi) is 8.36. The Balaban J connectivity index is 1.42. The number of likely N-dealkylation sites (N-methyl/N-ethyl adjacent to an activating group) is 2. The number of fused-ring (bicyclic) bond motifs is 3. The first-order valence-corrected chi connectivity index (χ1v) is 16.1. The predicted octanol–water partition coefficient (Wildman–Crippen LogP) is 0.347. The number of nitrogens with two attached hydrogens (primary N) is 1. The van der Waals surface area contributed by atoms with Crippen LogP contribution in [0.4, 0.5) is 5.69 Å². The van der Waals surface area contributed by atoms with Gasteiger partial charge in [-0.15, -0.1) is 0 Å². The van der Waals surface area contributed by atoms with Gasteiger partial charge in [0.25, 0.3) is 0 Å². The van der Waals surface area contributed by atoms with Crippen molar-refractivity contribution in [2.75, 3.05) is 66.3 Å². The van der Waals surface area contributed by atoms with Gasteiger partial charge in [0.2, 0.25) is 5.91 Å². The van der Waals surface area contributed by atoms with Gasteiger partial charge in [-0.05, 0) is 68.7 Å². The molecule has 12 nitrogen and oxygen atoms in total. The van der Waals surface area contributed by atoms with Crippen molar-refractivity contribution in [3.8, 4) is 16.9 Å². The zero-order chi connectivity index (χ0) is 34.1. The van der Waals surface area contributed by atoms with Crippen LogP contribution in [0.15, 0.2) is 30.3 Å². The van der Waals surface area contributed by atoms with Gasteiger partial charge in [-0.1, -0.05) is 18.2 Å². The highest BCUT2D eigenvalue weighted by molar-refractivity contribution is 6.32. The van der Waals surface area contributed by atoms with E-state index in [-0.39, 0.29) is 24.2 Å². The zero-order valence-electron chi connectivity index (χ0n) is 27.5. The molecular weight excluding hydrogens is 602 g/mol. The third kappa shape index (κ3) is 5.18. The smallest absolute Gasteiger partial charge is 0.235 e. The maximum Gasteiger partial charge on any atom is 0.235 e. The number of anilines is 1. The van der Waals surface area contributed by atoms with E-state index >= 15 is 0 Å². The third-order valence-corrected chi connectivity index (χ3v) is 10.8. The van der Waals surface area contributed by atoms with Crippen LogP contribution in [-0.2, 0) is 32.1 Å². The second-order valence-corrected chi connectivity index (χ2v) is 14.1. The molecule has 1 aliphatic heterocycles. The number of nitrogens with zero attached hydrogens (tertiary/aromatic N) is 4. The standard InChI is InChI=1S/C35H43N5O7/c1-37(2)24-16-21(19-8-6-7-18(13-19)17-40-11-9-39(5)10-12-40)29(41)26-22(24)14-20-15-23-28(38(3)4)31(43)27(34(36)46)33(45)35(23,47)32(44)25(20)30(26)42/h6-8,13,16,20,23,25,27-28,41,47H,9-12,14-15,17H2,1-5H3,(H2,36,46)/t20-,23-,25?,27?,28-,35-/m0/s1. The lowest BCUT2D eigenvalue weighted by molar-refractivity contribution is -0.181. The van der Waals surface area contributed by atoms with Gasteiger partial charge in [0, 0.05) is 64.0 Å². The normalized spacial score (nSPS) is 29.8. The molecule has 2 aromatic rings. The van der Waals surface area contributed by atoms with Crippen LogP contribution in [0, 0.1) is 23.7 Å². The summed E-state index contributed by atoms with van der Waals surface area (Å²) in [5.41, 5.74) is 6.13. The summed E-state index contributed by atoms with van der Waals surface area (Å²) in [6.07, 6.45) is 0.213. The van der Waals surface area contributed by atoms with Crippen molar-refractivity contribution in [3.05, 3.63) is 47.0 Å². The molecule has 6 atom stereocenters. The van der Waals surface area contributed by atoms with E-state index < -0.39 is 64.4 Å². The van der Waals surface area contributed by atoms with Gasteiger partial charge in [-0.2, -0.15) is 0 Å². The van der Waals surface area contributed by atoms with E-state index in [0.29, 0.717) is 22.4 Å². The molecule has 1 amide bonds. The van der Waals surface area contributed by atoms with Crippen LogP contribution in [0.3, 0.4) is 0 Å². The van der Waals surface area contributed by atoms with Gasteiger partial charge in [-0.3, -0.25) is 33.8 Å². The fourth-order valence-corrected chi connectivity index (χ4v) is 8.37. The summed E-state index contributed by atoms with van der Waals surface area (Å²) in [5, 5.41) is 23.7. The minimum atomic E-state index is -2.76. The second kappa shape index (κ2) is 11.9. The fourth-order valence-electron chi connectivity index (χ4n) is 8.37. The maximum atomic E-state index is 14.4. The molecule has 1 heterocycles. The van der Waals surface area contributed by atoms with Crippen LogP contribution in [0.25, 0.3) is 11.1 Å². The number of carbonyl (C=O) groups is 5. The summed E-state index contributed by atoms with van der Waals surface area (Å²) in [7, 11) is 8.92. The van der Waals surface area contributed by atoms with Crippen molar-refractivity contribution in [1.82, 2.24) is 14.7 Å². The molecule has 6 rings (SSSR count). The number of carbonyl (C=O) groups excluding carboxylic acids is 5. The molecule has 1 saturated heterocycles. The third-order valence-electron chi connectivity index (χ3n) is 10.8. The van der Waals surface area contributed by atoms with Crippen molar-refractivity contribution >= 4 is 34.7 Å². The molecule has 0 radical (unpaired) electrons. The molecule has 4 N–H and O–H groups in total. The molecule has 3 fully saturated rings. The molecule has 2 unspecified atom stereocenters. The van der Waals surface area contributed by atoms with Crippen LogP contribution >= 0.6 is 0 Å². The Morgan fingerprint density at radius 2 is 1.70 bits per heavy atom. The summed E-state index contributed by atoms with van der Waals surface area (Å²) < 4.78 is 0. The van der Waals surface area contributed by atoms with Crippen molar-refractivity contribution in [2.24, 2.45) is 29.4 Å². The van der Waals surface area contributed by atoms with E-state index in [4.69, 9.17) is 5.73 Å². The number of phenolic OH excluding ortho intramolecular Hbond substituents is 1. The molecule has 12 heteroatoms. The summed E-state index contributed by atoms with van der Waals surface area (Å²) in [5.74, 6) is -10.6. The number of rotatable bonds is 6. The second-order valence-electron chi connectivity index (χ2n) is 14.1. The molecule has 0 spiro atoms. The first kappa shape index (κ1) is 33.0. The summed E-state index contributed by atoms with van der Waals surface area (Å²) >= 11 is 0. The summed E-state index contributed by atoms with van der Waals surface area (Å²) in [6.45, 7) is 4.59. The van der Waals surface area contributed by atoms with E-state index in [1.807, 2.05) is 49.3 Å². The number of hydrogen-bond donors (Lipinski definition) is 3. The molecular formula is C35H43N5O7. The molecule has 2 saturated carbocycles. The largest absolute Gasteiger partial charge is 0.507 e. The van der Waals surface area contributed by atoms with Crippen molar-refractivity contribution in [3.63, 3.8) is 0 Å². The highest BCUT2D eigenvalue weighted by Gasteiger charge is 2.69. The Labute approximate surface area is 274 Å². The molecule has 250 valence electrons. The first-order valence-electron chi connectivity index (χ1n) is 16.1. The van der Waals surface area contributed by atoms with E-state index in [1.54, 1.807) is 14.1 Å². The average Bonchev–Trinajstić information content (AvgIpc) is 3.00. The lowest BCUT2D eigenvalue weighted by Gasteiger charge is -2.52. The topological polar surface area (TPSA) is 165 Å². The number of primary amides is 1. The number of ketones is 4. The Hall–Kier alpha value is -3.97. The average molecular weight is 646 g/mol.